The molecule has 6 heteroatoms. The molecule has 0 radical (unpaired) electrons. The highest BCUT2D eigenvalue weighted by Gasteiger charge is 2.59. The van der Waals surface area contributed by atoms with Crippen LogP contribution in [0.25, 0.3) is 0 Å². The molecule has 168 valence electrons. The number of ether oxygens (including phenoxy) is 2. The van der Waals surface area contributed by atoms with Crippen LogP contribution in [0.4, 0.5) is 0 Å². The quantitative estimate of drug-likeness (QED) is 0.467. The van der Waals surface area contributed by atoms with E-state index in [1.54, 1.807) is 0 Å². The van der Waals surface area contributed by atoms with Gasteiger partial charge in [-0.2, -0.15) is 0 Å². The molecule has 2 aromatic carbocycles. The Labute approximate surface area is 193 Å². The monoisotopic (exact) mass is 468 g/mol. The Balaban J connectivity index is 1.37. The summed E-state index contributed by atoms with van der Waals surface area (Å²) in [5.41, 5.74) is 1.17. The summed E-state index contributed by atoms with van der Waals surface area (Å²) in [6.45, 7) is 4.20. The van der Waals surface area contributed by atoms with Gasteiger partial charge in [0.05, 0.1) is 11.1 Å². The van der Waals surface area contributed by atoms with E-state index in [2.05, 4.69) is 13.3 Å². The zero-order valence-corrected chi connectivity index (χ0v) is 20.5. The predicted molar refractivity (Wildman–Crippen MR) is 131 cm³/mol. The van der Waals surface area contributed by atoms with Crippen LogP contribution < -0.4 is 10.6 Å². The maximum absolute atomic E-state index is 13.1. The Morgan fingerprint density at radius 1 is 0.812 bits per heavy atom. The lowest BCUT2D eigenvalue weighted by molar-refractivity contribution is -0.0416. The smallest absolute Gasteiger partial charge is 0.338 e. The summed E-state index contributed by atoms with van der Waals surface area (Å²) >= 11 is 0. The van der Waals surface area contributed by atoms with Crippen LogP contribution in [0.5, 0.6) is 0 Å². The van der Waals surface area contributed by atoms with Crippen LogP contribution in [0, 0.1) is 23.7 Å². The van der Waals surface area contributed by atoms with Crippen molar-refractivity contribution in [3.63, 3.8) is 0 Å². The van der Waals surface area contributed by atoms with E-state index in [9.17, 15) is 9.59 Å². The van der Waals surface area contributed by atoms with Gasteiger partial charge in [0, 0.05) is 5.92 Å². The molecule has 3 aliphatic carbocycles. The zero-order chi connectivity index (χ0) is 22.2. The predicted octanol–water partition coefficient (Wildman–Crippen LogP) is 4.37. The number of esters is 2. The van der Waals surface area contributed by atoms with E-state index >= 15 is 0 Å². The number of fused-ring (bicyclic) bond motifs is 5. The fraction of sp³-hybridized carbons (Fsp3) is 0.462. The average molecular weight is 468 g/mol. The van der Waals surface area contributed by atoms with Gasteiger partial charge in [-0.05, 0) is 91.6 Å². The molecular weight excluding hydrogens is 438 g/mol. The number of hydrogen-bond donors (Lipinski definition) is 0. The third-order valence-corrected chi connectivity index (χ3v) is 9.46. The molecule has 0 heterocycles. The molecule has 3 aliphatic rings. The van der Waals surface area contributed by atoms with Crippen molar-refractivity contribution in [3.8, 4) is 0 Å². The maximum atomic E-state index is 13.1. The lowest BCUT2D eigenvalue weighted by Gasteiger charge is -2.29. The molecule has 0 aliphatic heterocycles. The van der Waals surface area contributed by atoms with Crippen LogP contribution in [0.2, 0.25) is 0 Å². The summed E-state index contributed by atoms with van der Waals surface area (Å²) in [4.78, 5) is 26.1. The first-order valence-electron chi connectivity index (χ1n) is 11.5. The summed E-state index contributed by atoms with van der Waals surface area (Å²) in [5.74, 6) is 1.47. The van der Waals surface area contributed by atoms with E-state index in [1.165, 1.54) is 19.3 Å². The second kappa shape index (κ2) is 9.24. The standard InChI is InChI=1S/C26H30O4P2/c1-31-19-7-3-5-17(12-19)25(27)29-22-14-21-15-9-10-16(11-15)23(21)24(22)30-26(28)18-6-4-8-20(13-18)32-2/h3-8,12-13,15-16,21-24,31-32H,9-11,14H2,1-2H3. The second-order valence-electron chi connectivity index (χ2n) is 9.29. The number of benzene rings is 2. The fourth-order valence-corrected chi connectivity index (χ4v) is 7.36. The largest absolute Gasteiger partial charge is 0.455 e. The molecule has 8 unspecified atom stereocenters. The molecular formula is C26H30O4P2. The van der Waals surface area contributed by atoms with Gasteiger partial charge in [-0.15, -0.1) is 0 Å². The molecule has 3 saturated carbocycles. The lowest BCUT2D eigenvalue weighted by Crippen LogP contribution is -2.37. The molecule has 0 N–H and O–H groups in total. The first-order chi connectivity index (χ1) is 15.6. The van der Waals surface area contributed by atoms with Crippen LogP contribution in [-0.2, 0) is 9.47 Å². The van der Waals surface area contributed by atoms with Gasteiger partial charge in [-0.25, -0.2) is 9.59 Å². The van der Waals surface area contributed by atoms with Gasteiger partial charge < -0.3 is 9.47 Å². The van der Waals surface area contributed by atoms with Gasteiger partial charge in [0.1, 0.15) is 12.2 Å². The molecule has 0 spiro atoms. The minimum absolute atomic E-state index is 0.297. The fourth-order valence-electron chi connectivity index (χ4n) is 6.24. The molecule has 4 nitrogen and oxygen atoms in total. The van der Waals surface area contributed by atoms with Crippen molar-refractivity contribution in [2.24, 2.45) is 23.7 Å². The van der Waals surface area contributed by atoms with Gasteiger partial charge in [0.2, 0.25) is 0 Å². The molecule has 5 rings (SSSR count). The minimum Gasteiger partial charge on any atom is -0.455 e. The Morgan fingerprint density at radius 3 is 2.03 bits per heavy atom. The third-order valence-electron chi connectivity index (χ3n) is 7.68. The highest BCUT2D eigenvalue weighted by Crippen LogP contribution is 2.60. The lowest BCUT2D eigenvalue weighted by atomic mass is 9.81. The number of hydrogen-bond acceptors (Lipinski definition) is 4. The van der Waals surface area contributed by atoms with Crippen LogP contribution in [0.1, 0.15) is 46.4 Å². The third kappa shape index (κ3) is 4.13. The molecule has 32 heavy (non-hydrogen) atoms. The summed E-state index contributed by atoms with van der Waals surface area (Å²) in [6.07, 6.45) is 3.78. The van der Waals surface area contributed by atoms with Crippen molar-refractivity contribution < 1.29 is 19.1 Å². The molecule has 2 bridgehead atoms. The number of carbonyl (C=O) groups is 2. The van der Waals surface area contributed by atoms with E-state index in [-0.39, 0.29) is 24.1 Å². The Kier molecular flexibility index (Phi) is 6.37. The van der Waals surface area contributed by atoms with E-state index in [4.69, 9.17) is 9.47 Å². The van der Waals surface area contributed by atoms with Crippen LogP contribution in [0.15, 0.2) is 48.5 Å². The van der Waals surface area contributed by atoms with Gasteiger partial charge in [-0.3, -0.25) is 0 Å². The zero-order valence-electron chi connectivity index (χ0n) is 18.5. The molecule has 0 aromatic heterocycles. The molecule has 0 amide bonds. The minimum atomic E-state index is -0.367. The summed E-state index contributed by atoms with van der Waals surface area (Å²) in [6, 6.07) is 15.3. The second-order valence-corrected chi connectivity index (χ2v) is 11.4. The Bertz CT molecular complexity index is 1020. The maximum Gasteiger partial charge on any atom is 0.338 e. The molecule has 8 atom stereocenters. The van der Waals surface area contributed by atoms with Gasteiger partial charge in [0.25, 0.3) is 0 Å². The van der Waals surface area contributed by atoms with Gasteiger partial charge >= 0.3 is 11.9 Å². The first-order valence-corrected chi connectivity index (χ1v) is 14.5. The Hall–Kier alpha value is -1.76. The van der Waals surface area contributed by atoms with E-state index in [0.717, 1.165) is 17.0 Å². The first kappa shape index (κ1) is 22.1. The van der Waals surface area contributed by atoms with Crippen LogP contribution in [0.3, 0.4) is 0 Å². The van der Waals surface area contributed by atoms with Crippen LogP contribution in [-0.4, -0.2) is 37.5 Å². The summed E-state index contributed by atoms with van der Waals surface area (Å²) in [5, 5.41) is 2.28. The van der Waals surface area contributed by atoms with Gasteiger partial charge in [0.15, 0.2) is 0 Å². The van der Waals surface area contributed by atoms with Crippen LogP contribution >= 0.6 is 17.2 Å². The van der Waals surface area contributed by atoms with Crippen molar-refractivity contribution in [1.29, 1.82) is 0 Å². The topological polar surface area (TPSA) is 52.6 Å². The SMILES string of the molecule is CPc1cccc(C(=O)OC2CC3C4CCC(C4)C3C2OC(=O)c2cccc(PC)c2)c1. The van der Waals surface area contributed by atoms with E-state index in [0.29, 0.717) is 52.0 Å². The molecule has 2 aromatic rings. The van der Waals surface area contributed by atoms with E-state index < -0.39 is 0 Å². The molecule has 3 fully saturated rings. The normalized spacial score (nSPS) is 30.9. The Morgan fingerprint density at radius 2 is 1.41 bits per heavy atom. The highest BCUT2D eigenvalue weighted by molar-refractivity contribution is 7.46. The van der Waals surface area contributed by atoms with Crippen molar-refractivity contribution >= 4 is 39.7 Å². The summed E-state index contributed by atoms with van der Waals surface area (Å²) in [7, 11) is 1.26. The number of carbonyl (C=O) groups excluding carboxylic acids is 2. The van der Waals surface area contributed by atoms with Crippen molar-refractivity contribution in [3.05, 3.63) is 59.7 Å². The van der Waals surface area contributed by atoms with Crippen molar-refractivity contribution in [2.45, 2.75) is 37.9 Å². The average Bonchev–Trinajstić information content (AvgIpc) is 3.53. The number of rotatable bonds is 6. The van der Waals surface area contributed by atoms with Crippen molar-refractivity contribution in [2.75, 3.05) is 13.3 Å². The summed E-state index contributed by atoms with van der Waals surface area (Å²) < 4.78 is 12.2. The van der Waals surface area contributed by atoms with Gasteiger partial charge in [-0.1, -0.05) is 41.4 Å². The molecule has 0 saturated heterocycles. The van der Waals surface area contributed by atoms with Crippen molar-refractivity contribution in [1.82, 2.24) is 0 Å². The van der Waals surface area contributed by atoms with E-state index in [1.807, 2.05) is 48.5 Å². The highest BCUT2D eigenvalue weighted by atomic mass is 31.1.